The molecule has 0 aromatic carbocycles. The highest BCUT2D eigenvalue weighted by Gasteiger charge is 2.30. The molecule has 0 spiro atoms. The molecule has 0 aromatic heterocycles. The van der Waals surface area contributed by atoms with Crippen LogP contribution in [0.1, 0.15) is 389 Å². The van der Waals surface area contributed by atoms with E-state index in [1.807, 2.05) is 0 Å². The van der Waals surface area contributed by atoms with E-state index in [0.29, 0.717) is 25.7 Å². The van der Waals surface area contributed by atoms with Crippen LogP contribution in [0.4, 0.5) is 0 Å². The zero-order valence-electron chi connectivity index (χ0n) is 64.4. The Morgan fingerprint density at radius 2 is 0.596 bits per heavy atom. The third-order valence-corrected chi connectivity index (χ3v) is 20.3. The van der Waals surface area contributed by atoms with Gasteiger partial charge in [-0.1, -0.05) is 336 Å². The average molecular weight is 1450 g/mol. The number of phosphoric acid groups is 2. The van der Waals surface area contributed by atoms with Crippen LogP contribution >= 0.6 is 15.6 Å². The van der Waals surface area contributed by atoms with Crippen molar-refractivity contribution in [1.82, 2.24) is 0 Å². The van der Waals surface area contributed by atoms with Gasteiger partial charge >= 0.3 is 39.5 Å². The summed E-state index contributed by atoms with van der Waals surface area (Å²) in [7, 11) is -9.93. The van der Waals surface area contributed by atoms with Gasteiger partial charge in [0.2, 0.25) is 0 Å². The van der Waals surface area contributed by atoms with Gasteiger partial charge in [-0.15, -0.1) is 0 Å². The van der Waals surface area contributed by atoms with Gasteiger partial charge in [0.1, 0.15) is 19.3 Å². The fourth-order valence-electron chi connectivity index (χ4n) is 11.7. The number of aliphatic hydroxyl groups excluding tert-OH is 1. The quantitative estimate of drug-likeness (QED) is 0.0169. The largest absolute Gasteiger partial charge is 0.472 e. The van der Waals surface area contributed by atoms with Crippen LogP contribution in [0.3, 0.4) is 0 Å². The lowest BCUT2D eigenvalue weighted by atomic mass is 9.99. The van der Waals surface area contributed by atoms with Crippen molar-refractivity contribution in [3.8, 4) is 0 Å². The second-order valence-corrected chi connectivity index (χ2v) is 32.2. The molecule has 3 N–H and O–H groups in total. The van der Waals surface area contributed by atoms with E-state index in [-0.39, 0.29) is 25.7 Å². The molecule has 0 aliphatic carbocycles. The monoisotopic (exact) mass is 1450 g/mol. The molecule has 0 amide bonds. The Kier molecular flexibility index (Phi) is 68.1. The van der Waals surface area contributed by atoms with Gasteiger partial charge < -0.3 is 33.8 Å². The van der Waals surface area contributed by atoms with Crippen molar-refractivity contribution in [2.45, 2.75) is 407 Å². The van der Waals surface area contributed by atoms with Gasteiger partial charge in [-0.2, -0.15) is 0 Å². The van der Waals surface area contributed by atoms with E-state index in [9.17, 15) is 43.2 Å². The Hall–Kier alpha value is -2.46. The van der Waals surface area contributed by atoms with E-state index < -0.39 is 97.5 Å². The first-order valence-electron chi connectivity index (χ1n) is 40.7. The predicted octanol–water partition coefficient (Wildman–Crippen LogP) is 23.3. The number of rotatable bonds is 76. The maximum atomic E-state index is 13.1. The molecule has 0 saturated carbocycles. The lowest BCUT2D eigenvalue weighted by Crippen LogP contribution is -2.30. The first kappa shape index (κ1) is 96.5. The number of hydrogen-bond donors (Lipinski definition) is 3. The van der Waals surface area contributed by atoms with Gasteiger partial charge in [-0.05, 0) is 69.1 Å². The molecular formula is C80H152O17P2. The molecule has 3 unspecified atom stereocenters. The van der Waals surface area contributed by atoms with Crippen LogP contribution in [-0.2, 0) is 65.4 Å². The molecule has 0 saturated heterocycles. The van der Waals surface area contributed by atoms with Crippen LogP contribution in [0, 0.1) is 17.8 Å². The molecule has 0 bridgehead atoms. The number of phosphoric ester groups is 2. The number of hydrogen-bond acceptors (Lipinski definition) is 15. The standard InChI is InChI=1S/C80H152O17P2/c1-8-10-11-12-13-14-15-16-17-21-27-32-40-47-54-61-77(82)90-67-75(96-79(84)63-56-49-42-33-28-22-19-18-20-26-31-39-46-53-60-73(7)9-2)69-94-98(86,87)92-65-74(81)66-93-99(88,89)95-70-76(68-91-78(83)62-55-48-41-36-35-38-45-52-59-72(5)6)97-80(85)64-57-50-43-34-29-24-23-25-30-37-44-51-58-71(3)4/h14-17,71-76,81H,8-13,18-70H2,1-7H3,(H,86,87)(H,88,89)/b15-14-,17-16-/t73?,74-,75-,76-/m1/s1. The summed E-state index contributed by atoms with van der Waals surface area (Å²) in [6.45, 7) is 11.9. The first-order chi connectivity index (χ1) is 47.8. The molecule has 0 rings (SSSR count). The average Bonchev–Trinajstić information content (AvgIpc) is 0.991. The summed E-state index contributed by atoms with van der Waals surface area (Å²) in [5.74, 6) is 0.201. The van der Waals surface area contributed by atoms with Crippen molar-refractivity contribution >= 4 is 39.5 Å². The molecular weight excluding hydrogens is 1290 g/mol. The number of unbranched alkanes of at least 4 members (excludes halogenated alkanes) is 40. The lowest BCUT2D eigenvalue weighted by molar-refractivity contribution is -0.161. The minimum atomic E-state index is -4.97. The Balaban J connectivity index is 5.30. The second-order valence-electron chi connectivity index (χ2n) is 29.3. The number of esters is 4. The van der Waals surface area contributed by atoms with Crippen LogP contribution in [0.15, 0.2) is 24.3 Å². The van der Waals surface area contributed by atoms with Gasteiger partial charge in [0, 0.05) is 25.7 Å². The zero-order valence-corrected chi connectivity index (χ0v) is 66.2. The maximum Gasteiger partial charge on any atom is 0.472 e. The molecule has 0 heterocycles. The topological polar surface area (TPSA) is 237 Å². The Bertz CT molecular complexity index is 2020. The second kappa shape index (κ2) is 69.9. The molecule has 584 valence electrons. The summed E-state index contributed by atoms with van der Waals surface area (Å²) in [5, 5.41) is 10.6. The normalized spacial score (nSPS) is 14.4. The number of aliphatic hydroxyl groups is 1. The molecule has 6 atom stereocenters. The molecule has 99 heavy (non-hydrogen) atoms. The van der Waals surface area contributed by atoms with Crippen LogP contribution in [0.25, 0.3) is 0 Å². The highest BCUT2D eigenvalue weighted by molar-refractivity contribution is 7.47. The summed E-state index contributed by atoms with van der Waals surface area (Å²) in [4.78, 5) is 73.0. The Morgan fingerprint density at radius 1 is 0.333 bits per heavy atom. The minimum absolute atomic E-state index is 0.100. The van der Waals surface area contributed by atoms with Crippen molar-refractivity contribution in [2.75, 3.05) is 39.6 Å². The fraction of sp³-hybridized carbons (Fsp3) is 0.900. The SMILES string of the molecule is CCCCCC/C=C\C=C/CCCCCCCC(=O)OC[C@H](COP(=O)(O)OC[C@@H](O)COP(=O)(O)OC[C@@H](COC(=O)CCCCCCCCCCC(C)C)OC(=O)CCCCCCCCCCCCCCC(C)C)OC(=O)CCCCCCCCCCCCCCCCC(C)CC. The van der Waals surface area contributed by atoms with Gasteiger partial charge in [0.05, 0.1) is 26.4 Å². The molecule has 0 aliphatic heterocycles. The number of carbonyl (C=O) groups excluding carboxylic acids is 4. The third-order valence-electron chi connectivity index (χ3n) is 18.4. The number of allylic oxidation sites excluding steroid dienone is 4. The summed E-state index contributed by atoms with van der Waals surface area (Å²) in [6, 6.07) is 0. The van der Waals surface area contributed by atoms with Gasteiger partial charge in [-0.25, -0.2) is 9.13 Å². The van der Waals surface area contributed by atoms with Crippen molar-refractivity contribution in [2.24, 2.45) is 17.8 Å². The van der Waals surface area contributed by atoms with E-state index in [1.54, 1.807) is 0 Å². The highest BCUT2D eigenvalue weighted by atomic mass is 31.2. The highest BCUT2D eigenvalue weighted by Crippen LogP contribution is 2.45. The Labute approximate surface area is 605 Å². The van der Waals surface area contributed by atoms with Gasteiger partial charge in [0.25, 0.3) is 0 Å². The third kappa shape index (κ3) is 72.3. The first-order valence-corrected chi connectivity index (χ1v) is 43.7. The lowest BCUT2D eigenvalue weighted by Gasteiger charge is -2.21. The fourth-order valence-corrected chi connectivity index (χ4v) is 13.3. The molecule has 19 heteroatoms. The van der Waals surface area contributed by atoms with Crippen molar-refractivity contribution < 1.29 is 80.2 Å². The minimum Gasteiger partial charge on any atom is -0.462 e. The van der Waals surface area contributed by atoms with Gasteiger partial charge in [-0.3, -0.25) is 37.3 Å². The molecule has 0 radical (unpaired) electrons. The van der Waals surface area contributed by atoms with Crippen molar-refractivity contribution in [1.29, 1.82) is 0 Å². The van der Waals surface area contributed by atoms with Crippen LogP contribution in [-0.4, -0.2) is 96.7 Å². The van der Waals surface area contributed by atoms with E-state index in [4.69, 9.17) is 37.0 Å². The van der Waals surface area contributed by atoms with E-state index >= 15 is 0 Å². The molecule has 0 aliphatic rings. The summed E-state index contributed by atoms with van der Waals surface area (Å²) in [6.07, 6.45) is 60.4. The number of carbonyl (C=O) groups is 4. The van der Waals surface area contributed by atoms with E-state index in [1.165, 1.54) is 180 Å². The van der Waals surface area contributed by atoms with E-state index in [0.717, 1.165) is 127 Å². The smallest absolute Gasteiger partial charge is 0.462 e. The van der Waals surface area contributed by atoms with Crippen LogP contribution < -0.4 is 0 Å². The molecule has 0 fully saturated rings. The Morgan fingerprint density at radius 3 is 0.899 bits per heavy atom. The zero-order chi connectivity index (χ0) is 73.0. The van der Waals surface area contributed by atoms with Crippen LogP contribution in [0.5, 0.6) is 0 Å². The summed E-state index contributed by atoms with van der Waals surface area (Å²) >= 11 is 0. The van der Waals surface area contributed by atoms with E-state index in [2.05, 4.69) is 72.8 Å². The number of ether oxygens (including phenoxy) is 4. The van der Waals surface area contributed by atoms with Crippen LogP contribution in [0.2, 0.25) is 0 Å². The molecule has 0 aromatic rings. The summed E-state index contributed by atoms with van der Waals surface area (Å²) in [5.41, 5.74) is 0. The maximum absolute atomic E-state index is 13.1. The predicted molar refractivity (Wildman–Crippen MR) is 404 cm³/mol. The molecule has 17 nitrogen and oxygen atoms in total. The van der Waals surface area contributed by atoms with Crippen molar-refractivity contribution in [3.63, 3.8) is 0 Å². The summed E-state index contributed by atoms with van der Waals surface area (Å²) < 4.78 is 68.6. The van der Waals surface area contributed by atoms with Crippen molar-refractivity contribution in [3.05, 3.63) is 24.3 Å². The van der Waals surface area contributed by atoms with Gasteiger partial charge in [0.15, 0.2) is 12.2 Å².